The first kappa shape index (κ1) is 60.5. The minimum atomic E-state index is -0.120. The number of hydrogen-bond donors (Lipinski definition) is 0. The summed E-state index contributed by atoms with van der Waals surface area (Å²) in [5.74, 6) is 0.657. The van der Waals surface area contributed by atoms with Crippen molar-refractivity contribution in [3.63, 3.8) is 0 Å². The summed E-state index contributed by atoms with van der Waals surface area (Å²) < 4.78 is 7.41. The summed E-state index contributed by atoms with van der Waals surface area (Å²) in [5, 5.41) is 7.25. The molecule has 0 saturated carbocycles. The number of aromatic nitrogens is 5. The van der Waals surface area contributed by atoms with Gasteiger partial charge in [0.25, 0.3) is 0 Å². The Kier molecular flexibility index (Phi) is 13.3. The van der Waals surface area contributed by atoms with Gasteiger partial charge < -0.3 is 13.7 Å². The first-order valence-corrected chi connectivity index (χ1v) is 36.5. The van der Waals surface area contributed by atoms with E-state index in [1.54, 1.807) is 0 Å². The van der Waals surface area contributed by atoms with Gasteiger partial charge in [0.1, 0.15) is 0 Å². The van der Waals surface area contributed by atoms with E-state index in [9.17, 15) is 0 Å². The molecule has 0 atom stereocenters. The summed E-state index contributed by atoms with van der Waals surface area (Å²) in [5.41, 5.74) is 34.9. The number of rotatable bonds is 10. The highest BCUT2D eigenvalue weighted by Crippen LogP contribution is 2.52. The largest absolute Gasteiger partial charge is 0.309 e. The lowest BCUT2D eigenvalue weighted by molar-refractivity contribution is 0.660. The average molecular weight is 1340 g/mol. The van der Waals surface area contributed by atoms with Crippen LogP contribution < -0.4 is 0 Å². The van der Waals surface area contributed by atoms with Gasteiger partial charge in [0.05, 0.1) is 44.5 Å². The van der Waals surface area contributed by atoms with E-state index in [1.807, 2.05) is 0 Å². The van der Waals surface area contributed by atoms with E-state index in [0.717, 1.165) is 78.2 Å². The minimum Gasteiger partial charge on any atom is -0.309 e. The number of nitrogens with zero attached hydrogens (tertiary/aromatic N) is 5. The fourth-order valence-electron chi connectivity index (χ4n) is 17.7. The highest BCUT2D eigenvalue weighted by molar-refractivity contribution is 6.15. The second kappa shape index (κ2) is 23.2. The van der Waals surface area contributed by atoms with Crippen molar-refractivity contribution < 1.29 is 0 Å². The summed E-state index contributed by atoms with van der Waals surface area (Å²) in [6, 6.07) is 128. The standard InChI is InChI=1S/C100H69N5/c1-99(2)86-27-15-11-23-76(86)78-51-47-74(59-88(78)99)104-92-29-17-13-25-80(92)84-55-69(43-53-94(84)104)71-41-49-82-83-50-42-72(70-44-54-95-85(56-70)81-26-14-18-30-93(81)105(95)75-48-52-79-77-24-12-16-28-87(77)100(3,4)89(79)60-75)58-97(83)103(96(82)57-71)73-45-39-68(40-46-73)98-101-90(66-35-31-64(32-36-66)62-19-7-5-8-20-62)61-91(102-98)67-37-33-65(34-38-67)63-21-9-6-10-22-63/h5-61H,1-4H3. The zero-order valence-corrected chi connectivity index (χ0v) is 58.6. The summed E-state index contributed by atoms with van der Waals surface area (Å²) in [6.07, 6.45) is 0. The van der Waals surface area contributed by atoms with Crippen molar-refractivity contribution in [1.29, 1.82) is 0 Å². The third-order valence-corrected chi connectivity index (χ3v) is 23.1. The molecular weight excluding hydrogens is 1270 g/mol. The van der Waals surface area contributed by atoms with Gasteiger partial charge in [-0.2, -0.15) is 0 Å². The Morgan fingerprint density at radius 3 is 0.990 bits per heavy atom. The topological polar surface area (TPSA) is 40.6 Å². The zero-order chi connectivity index (χ0) is 69.8. The van der Waals surface area contributed by atoms with E-state index in [-0.39, 0.29) is 10.8 Å². The van der Waals surface area contributed by atoms with Crippen LogP contribution >= 0.6 is 0 Å². The number of hydrogen-bond acceptors (Lipinski definition) is 2. The maximum atomic E-state index is 5.40. The van der Waals surface area contributed by atoms with Crippen molar-refractivity contribution in [3.05, 3.63) is 368 Å². The maximum absolute atomic E-state index is 5.40. The molecule has 0 radical (unpaired) electrons. The zero-order valence-electron chi connectivity index (χ0n) is 58.6. The van der Waals surface area contributed by atoms with E-state index in [2.05, 4.69) is 387 Å². The van der Waals surface area contributed by atoms with Gasteiger partial charge >= 0.3 is 0 Å². The molecule has 5 nitrogen and oxygen atoms in total. The highest BCUT2D eigenvalue weighted by atomic mass is 15.0. The third kappa shape index (κ3) is 9.48. The van der Waals surface area contributed by atoms with Crippen LogP contribution in [0.25, 0.3) is 183 Å². The van der Waals surface area contributed by atoms with E-state index in [0.29, 0.717) is 5.82 Å². The first-order valence-electron chi connectivity index (χ1n) is 36.5. The Hall–Kier alpha value is -13.2. The summed E-state index contributed by atoms with van der Waals surface area (Å²) >= 11 is 0. The molecule has 0 aliphatic heterocycles. The van der Waals surface area contributed by atoms with Crippen LogP contribution in [-0.2, 0) is 10.8 Å². The third-order valence-electron chi connectivity index (χ3n) is 23.1. The fourth-order valence-corrected chi connectivity index (χ4v) is 17.7. The van der Waals surface area contributed by atoms with Crippen LogP contribution in [-0.4, -0.2) is 23.7 Å². The van der Waals surface area contributed by atoms with Crippen LogP contribution in [0, 0.1) is 0 Å². The number of para-hydroxylation sites is 2. The van der Waals surface area contributed by atoms with Crippen molar-refractivity contribution >= 4 is 65.4 Å². The minimum absolute atomic E-state index is 0.120. The predicted molar refractivity (Wildman–Crippen MR) is 438 cm³/mol. The molecule has 0 unspecified atom stereocenters. The molecule has 21 rings (SSSR count). The van der Waals surface area contributed by atoms with E-state index >= 15 is 0 Å². The summed E-state index contributed by atoms with van der Waals surface area (Å²) in [7, 11) is 0. The quantitative estimate of drug-likeness (QED) is 0.137. The molecular formula is C100H69N5. The molecule has 0 fully saturated rings. The summed E-state index contributed by atoms with van der Waals surface area (Å²) in [6.45, 7) is 9.46. The molecule has 2 aliphatic rings. The van der Waals surface area contributed by atoms with Gasteiger partial charge in [0.2, 0.25) is 0 Å². The first-order chi connectivity index (χ1) is 51.5. The number of fused-ring (bicyclic) bond motifs is 15. The molecule has 2 aliphatic carbocycles. The van der Waals surface area contributed by atoms with Crippen molar-refractivity contribution in [1.82, 2.24) is 23.7 Å². The molecule has 4 heterocycles. The molecule has 0 saturated heterocycles. The molecule has 0 N–H and O–H groups in total. The Morgan fingerprint density at radius 1 is 0.200 bits per heavy atom. The fraction of sp³-hybridized carbons (Fsp3) is 0.0600. The predicted octanol–water partition coefficient (Wildman–Crippen LogP) is 26.0. The molecule has 19 aromatic rings. The molecule has 0 bridgehead atoms. The van der Waals surface area contributed by atoms with Crippen LogP contribution in [0.3, 0.4) is 0 Å². The molecule has 494 valence electrons. The molecule has 0 amide bonds. The van der Waals surface area contributed by atoms with Gasteiger partial charge in [-0.1, -0.05) is 270 Å². The van der Waals surface area contributed by atoms with Crippen LogP contribution in [0.2, 0.25) is 0 Å². The monoisotopic (exact) mass is 1340 g/mol. The molecule has 15 aromatic carbocycles. The lowest BCUT2D eigenvalue weighted by Crippen LogP contribution is -2.15. The number of benzene rings is 15. The molecule has 5 heteroatoms. The second-order valence-corrected chi connectivity index (χ2v) is 29.7. The van der Waals surface area contributed by atoms with Crippen molar-refractivity contribution in [3.8, 4) is 118 Å². The Bertz CT molecular complexity index is 6400. The van der Waals surface area contributed by atoms with Gasteiger partial charge in [-0.25, -0.2) is 9.97 Å². The smallest absolute Gasteiger partial charge is 0.160 e. The average Bonchev–Trinajstić information content (AvgIpc) is 1.58. The molecule has 4 aromatic heterocycles. The van der Waals surface area contributed by atoms with Gasteiger partial charge in [0.15, 0.2) is 5.82 Å². The van der Waals surface area contributed by atoms with Crippen LogP contribution in [0.4, 0.5) is 0 Å². The Labute approximate surface area is 609 Å². The van der Waals surface area contributed by atoms with Crippen molar-refractivity contribution in [2.75, 3.05) is 0 Å². The van der Waals surface area contributed by atoms with Crippen LogP contribution in [0.15, 0.2) is 346 Å². The van der Waals surface area contributed by atoms with Gasteiger partial charge in [-0.3, -0.25) is 0 Å². The van der Waals surface area contributed by atoms with E-state index in [1.165, 1.54) is 121 Å². The SMILES string of the molecule is CC1(C)c2ccccc2-c2ccc(-n3c4ccccc4c4cc(-c5ccc6c7ccc(-c8ccc9c(c8)c8ccccc8n9-c8ccc9c(c8)C(C)(C)c8ccccc8-9)cc7n(-c7ccc(-c8nc(-c9ccc(-c%10ccccc%10)cc9)cc(-c9ccc(-c%10ccccc%10)cc9)n8)cc7)c6c5)ccc43)cc21. The highest BCUT2D eigenvalue weighted by Gasteiger charge is 2.37. The molecule has 105 heavy (non-hydrogen) atoms. The Balaban J connectivity index is 0.709. The van der Waals surface area contributed by atoms with Gasteiger partial charge in [0, 0.05) is 76.9 Å². The summed E-state index contributed by atoms with van der Waals surface area (Å²) in [4.78, 5) is 10.8. The maximum Gasteiger partial charge on any atom is 0.160 e. The van der Waals surface area contributed by atoms with Gasteiger partial charge in [-0.05, 0) is 192 Å². The van der Waals surface area contributed by atoms with Crippen LogP contribution in [0.1, 0.15) is 49.9 Å². The van der Waals surface area contributed by atoms with E-state index < -0.39 is 0 Å². The van der Waals surface area contributed by atoms with Crippen molar-refractivity contribution in [2.24, 2.45) is 0 Å². The lowest BCUT2D eigenvalue weighted by Gasteiger charge is -2.22. The second-order valence-electron chi connectivity index (χ2n) is 29.7. The van der Waals surface area contributed by atoms with E-state index in [4.69, 9.17) is 9.97 Å². The van der Waals surface area contributed by atoms with Crippen LogP contribution in [0.5, 0.6) is 0 Å². The lowest BCUT2D eigenvalue weighted by atomic mass is 9.82. The Morgan fingerprint density at radius 2 is 0.524 bits per heavy atom. The normalized spacial score (nSPS) is 13.3. The molecule has 0 spiro atoms. The van der Waals surface area contributed by atoms with Gasteiger partial charge in [-0.15, -0.1) is 0 Å². The van der Waals surface area contributed by atoms with Crippen molar-refractivity contribution in [2.45, 2.75) is 38.5 Å².